The molecule has 1 aromatic carbocycles. The summed E-state index contributed by atoms with van der Waals surface area (Å²) in [5.41, 5.74) is 0.984. The number of carbonyl (C=O) groups is 1. The normalized spacial score (nSPS) is 11.0. The van der Waals surface area contributed by atoms with E-state index in [0.29, 0.717) is 42.8 Å². The molecule has 2 rings (SSSR count). The van der Waals surface area contributed by atoms with Crippen LogP contribution in [0.5, 0.6) is 0 Å². The maximum atomic E-state index is 11.9. The number of rotatable bonds is 8. The van der Waals surface area contributed by atoms with Gasteiger partial charge in [0, 0.05) is 31.0 Å². The van der Waals surface area contributed by atoms with Crippen molar-refractivity contribution in [1.29, 1.82) is 0 Å². The van der Waals surface area contributed by atoms with Gasteiger partial charge in [-0.15, -0.1) is 0 Å². The number of hydrogen-bond donors (Lipinski definition) is 1. The molecule has 1 amide bonds. The monoisotopic (exact) mass is 336 g/mol. The molecule has 23 heavy (non-hydrogen) atoms. The molecule has 2 aromatic rings. The van der Waals surface area contributed by atoms with E-state index in [0.717, 1.165) is 12.0 Å². The summed E-state index contributed by atoms with van der Waals surface area (Å²) in [5, 5.41) is 7.45. The van der Waals surface area contributed by atoms with Crippen molar-refractivity contribution in [3.05, 3.63) is 46.6 Å². The molecule has 0 saturated heterocycles. The Morgan fingerprint density at radius 1 is 1.43 bits per heavy atom. The molecule has 0 fully saturated rings. The topological polar surface area (TPSA) is 71.3 Å². The average molecular weight is 337 g/mol. The van der Waals surface area contributed by atoms with Crippen LogP contribution in [0.4, 0.5) is 0 Å². The van der Waals surface area contributed by atoms with E-state index in [-0.39, 0.29) is 5.91 Å². The highest BCUT2D eigenvalue weighted by Gasteiger charge is 2.09. The van der Waals surface area contributed by atoms with E-state index in [4.69, 9.17) is 16.1 Å². The zero-order chi connectivity index (χ0) is 16.7. The van der Waals surface area contributed by atoms with Crippen LogP contribution >= 0.6 is 11.6 Å². The fraction of sp³-hybridized carbons (Fsp3) is 0.438. The first-order valence-corrected chi connectivity index (χ1v) is 7.95. The Bertz CT molecular complexity index is 645. The molecule has 0 aliphatic carbocycles. The minimum atomic E-state index is -0.000755. The third-order valence-electron chi connectivity index (χ3n) is 3.32. The molecule has 0 unspecified atom stereocenters. The van der Waals surface area contributed by atoms with E-state index in [1.165, 1.54) is 0 Å². The Morgan fingerprint density at radius 2 is 2.26 bits per heavy atom. The quantitative estimate of drug-likeness (QED) is 0.801. The smallest absolute Gasteiger partial charge is 0.226 e. The fourth-order valence-electron chi connectivity index (χ4n) is 2.05. The molecule has 0 aliphatic heterocycles. The van der Waals surface area contributed by atoms with E-state index in [1.54, 1.807) is 0 Å². The Kier molecular flexibility index (Phi) is 6.55. The lowest BCUT2D eigenvalue weighted by molar-refractivity contribution is -0.121. The summed E-state index contributed by atoms with van der Waals surface area (Å²) in [4.78, 5) is 18.1. The third kappa shape index (κ3) is 6.00. The van der Waals surface area contributed by atoms with E-state index >= 15 is 0 Å². The Morgan fingerprint density at radius 3 is 2.96 bits per heavy atom. The second kappa shape index (κ2) is 8.64. The number of carbonyl (C=O) groups excluding carboxylic acids is 1. The van der Waals surface area contributed by atoms with Gasteiger partial charge in [0.25, 0.3) is 0 Å². The van der Waals surface area contributed by atoms with Gasteiger partial charge in [-0.3, -0.25) is 9.69 Å². The first-order valence-electron chi connectivity index (χ1n) is 7.58. The van der Waals surface area contributed by atoms with Gasteiger partial charge in [-0.25, -0.2) is 0 Å². The van der Waals surface area contributed by atoms with Gasteiger partial charge < -0.3 is 9.84 Å². The summed E-state index contributed by atoms with van der Waals surface area (Å²) < 4.78 is 5.06. The van der Waals surface area contributed by atoms with Gasteiger partial charge in [-0.2, -0.15) is 4.98 Å². The summed E-state index contributed by atoms with van der Waals surface area (Å²) in [6, 6.07) is 7.45. The van der Waals surface area contributed by atoms with Gasteiger partial charge in [0.15, 0.2) is 5.82 Å². The van der Waals surface area contributed by atoms with Crippen LogP contribution in [-0.4, -0.2) is 34.5 Å². The summed E-state index contributed by atoms with van der Waals surface area (Å²) in [5.74, 6) is 1.27. The molecule has 1 aromatic heterocycles. The van der Waals surface area contributed by atoms with Crippen molar-refractivity contribution >= 4 is 17.5 Å². The highest BCUT2D eigenvalue weighted by atomic mass is 35.5. The summed E-state index contributed by atoms with van der Waals surface area (Å²) in [6.45, 7) is 3.63. The van der Waals surface area contributed by atoms with Crippen LogP contribution in [-0.2, 0) is 24.3 Å². The Labute approximate surface area is 140 Å². The summed E-state index contributed by atoms with van der Waals surface area (Å²) in [7, 11) is 1.92. The maximum absolute atomic E-state index is 11.9. The molecular weight excluding hydrogens is 316 g/mol. The summed E-state index contributed by atoms with van der Waals surface area (Å²) >= 11 is 5.91. The second-order valence-corrected chi connectivity index (χ2v) is 5.79. The fourth-order valence-corrected chi connectivity index (χ4v) is 2.26. The molecule has 0 saturated carbocycles. The van der Waals surface area contributed by atoms with Gasteiger partial charge in [0.05, 0.1) is 6.54 Å². The molecule has 1 heterocycles. The highest BCUT2D eigenvalue weighted by Crippen LogP contribution is 2.10. The van der Waals surface area contributed by atoms with Gasteiger partial charge in [0.1, 0.15) is 0 Å². The molecule has 6 nitrogen and oxygen atoms in total. The van der Waals surface area contributed by atoms with E-state index < -0.39 is 0 Å². The predicted octanol–water partition coefficient (Wildman–Crippen LogP) is 2.42. The minimum absolute atomic E-state index is 0.000755. The van der Waals surface area contributed by atoms with Crippen LogP contribution in [0.2, 0.25) is 5.02 Å². The zero-order valence-corrected chi connectivity index (χ0v) is 14.1. The predicted molar refractivity (Wildman–Crippen MR) is 87.9 cm³/mol. The van der Waals surface area contributed by atoms with Crippen molar-refractivity contribution < 1.29 is 9.32 Å². The van der Waals surface area contributed by atoms with Gasteiger partial charge in [0.2, 0.25) is 11.8 Å². The maximum Gasteiger partial charge on any atom is 0.226 e. The molecule has 1 N–H and O–H groups in total. The molecule has 0 atom stereocenters. The van der Waals surface area contributed by atoms with Crippen molar-refractivity contribution in [2.24, 2.45) is 0 Å². The highest BCUT2D eigenvalue weighted by molar-refractivity contribution is 6.30. The van der Waals surface area contributed by atoms with Crippen molar-refractivity contribution in [2.75, 3.05) is 13.6 Å². The molecule has 124 valence electrons. The number of benzene rings is 1. The molecule has 0 radical (unpaired) electrons. The van der Waals surface area contributed by atoms with Crippen molar-refractivity contribution in [2.45, 2.75) is 32.9 Å². The molecule has 7 heteroatoms. The van der Waals surface area contributed by atoms with Crippen LogP contribution < -0.4 is 5.32 Å². The van der Waals surface area contributed by atoms with Crippen LogP contribution in [0.1, 0.15) is 30.6 Å². The number of amides is 1. The van der Waals surface area contributed by atoms with E-state index in [2.05, 4.69) is 15.5 Å². The van der Waals surface area contributed by atoms with Crippen molar-refractivity contribution in [3.8, 4) is 0 Å². The SMILES string of the molecule is CCc1nc(CN(C)CCC(=O)NCc2cccc(Cl)c2)no1. The van der Waals surface area contributed by atoms with Crippen molar-refractivity contribution in [1.82, 2.24) is 20.4 Å². The average Bonchev–Trinajstić information content (AvgIpc) is 2.98. The van der Waals surface area contributed by atoms with Crippen molar-refractivity contribution in [3.63, 3.8) is 0 Å². The van der Waals surface area contributed by atoms with Gasteiger partial charge >= 0.3 is 0 Å². The lowest BCUT2D eigenvalue weighted by atomic mass is 10.2. The second-order valence-electron chi connectivity index (χ2n) is 5.35. The van der Waals surface area contributed by atoms with Gasteiger partial charge in [-0.05, 0) is 24.7 Å². The minimum Gasteiger partial charge on any atom is -0.352 e. The first-order chi connectivity index (χ1) is 11.1. The number of aromatic nitrogens is 2. The third-order valence-corrected chi connectivity index (χ3v) is 3.56. The van der Waals surface area contributed by atoms with Crippen LogP contribution in [0.15, 0.2) is 28.8 Å². The van der Waals surface area contributed by atoms with Gasteiger partial charge in [-0.1, -0.05) is 35.8 Å². The Hall–Kier alpha value is -1.92. The van der Waals surface area contributed by atoms with E-state index in [1.807, 2.05) is 43.1 Å². The molecule has 0 aliphatic rings. The van der Waals surface area contributed by atoms with Crippen LogP contribution in [0, 0.1) is 0 Å². The largest absolute Gasteiger partial charge is 0.352 e. The Balaban J connectivity index is 1.69. The molecule has 0 spiro atoms. The lowest BCUT2D eigenvalue weighted by Gasteiger charge is -2.14. The first kappa shape index (κ1) is 17.4. The number of hydrogen-bond acceptors (Lipinski definition) is 5. The van der Waals surface area contributed by atoms with Crippen LogP contribution in [0.25, 0.3) is 0 Å². The molecular formula is C16H21ClN4O2. The lowest BCUT2D eigenvalue weighted by Crippen LogP contribution is -2.28. The number of halogens is 1. The van der Waals surface area contributed by atoms with E-state index in [9.17, 15) is 4.79 Å². The zero-order valence-electron chi connectivity index (χ0n) is 13.4. The standard InChI is InChI=1S/C16H21ClN4O2/c1-3-16-19-14(20-23-16)11-21(2)8-7-15(22)18-10-12-5-4-6-13(17)9-12/h4-6,9H,3,7-8,10-11H2,1-2H3,(H,18,22). The molecule has 0 bridgehead atoms. The number of nitrogens with zero attached hydrogens (tertiary/aromatic N) is 3. The van der Waals surface area contributed by atoms with Crippen LogP contribution in [0.3, 0.4) is 0 Å². The summed E-state index contributed by atoms with van der Waals surface area (Å²) in [6.07, 6.45) is 1.14. The number of nitrogens with one attached hydrogen (secondary N) is 1. The number of aryl methyl sites for hydroxylation is 1.